The Kier molecular flexibility index (Phi) is 3.78. The summed E-state index contributed by atoms with van der Waals surface area (Å²) in [6, 6.07) is 10.0. The highest BCUT2D eigenvalue weighted by atomic mass is 16.6. The van der Waals surface area contributed by atoms with Crippen molar-refractivity contribution in [2.75, 3.05) is 33.4 Å². The first-order valence-electron chi connectivity index (χ1n) is 7.16. The van der Waals surface area contributed by atoms with Gasteiger partial charge in [0.15, 0.2) is 0 Å². The number of rotatable bonds is 4. The zero-order valence-corrected chi connectivity index (χ0v) is 11.7. The summed E-state index contributed by atoms with van der Waals surface area (Å²) in [5.74, 6) is -0.302. The molecule has 2 aliphatic heterocycles. The van der Waals surface area contributed by atoms with Gasteiger partial charge in [0.1, 0.15) is 0 Å². The van der Waals surface area contributed by atoms with E-state index < -0.39 is 6.69 Å². The Morgan fingerprint density at radius 2 is 1.95 bits per heavy atom. The maximum absolute atomic E-state index is 11.8. The summed E-state index contributed by atoms with van der Waals surface area (Å²) >= 11 is 0. The van der Waals surface area contributed by atoms with Crippen LogP contribution in [0.2, 0.25) is 0 Å². The van der Waals surface area contributed by atoms with Crippen molar-refractivity contribution in [2.24, 2.45) is 0 Å². The van der Waals surface area contributed by atoms with Gasteiger partial charge < -0.3 is 18.9 Å². The van der Waals surface area contributed by atoms with E-state index >= 15 is 0 Å². The highest BCUT2D eigenvalue weighted by molar-refractivity contribution is 6.61. The molecule has 0 saturated carbocycles. The maximum atomic E-state index is 11.8. The van der Waals surface area contributed by atoms with E-state index in [1.165, 1.54) is 11.9 Å². The zero-order chi connectivity index (χ0) is 14.0. The fourth-order valence-electron chi connectivity index (χ4n) is 3.55. The molecule has 108 valence electrons. The van der Waals surface area contributed by atoms with Crippen LogP contribution < -0.4 is 4.81 Å². The van der Waals surface area contributed by atoms with E-state index in [1.54, 1.807) is 0 Å². The number of methoxy groups -OCH3 is 1. The van der Waals surface area contributed by atoms with Gasteiger partial charge in [-0.3, -0.25) is 4.79 Å². The first kappa shape index (κ1) is 13.6. The third kappa shape index (κ3) is 2.24. The van der Waals surface area contributed by atoms with Crippen LogP contribution in [0.5, 0.6) is 0 Å². The van der Waals surface area contributed by atoms with Gasteiger partial charge in [-0.1, -0.05) is 35.9 Å². The molecule has 3 rings (SSSR count). The highest BCUT2D eigenvalue weighted by Crippen LogP contribution is 2.31. The van der Waals surface area contributed by atoms with Crippen molar-refractivity contribution in [3.05, 3.63) is 35.9 Å². The molecule has 2 aliphatic rings. The first-order valence-corrected chi connectivity index (χ1v) is 7.16. The third-order valence-corrected chi connectivity index (χ3v) is 4.52. The number of hydrogen-bond acceptors (Lipinski definition) is 4. The van der Waals surface area contributed by atoms with Crippen molar-refractivity contribution < 1.29 is 23.7 Å². The second-order valence-corrected chi connectivity index (χ2v) is 5.47. The SMILES string of the molecule is COC(=O)CC(c1ccccc1)[B-]12OCC[NH+]1CCO2. The van der Waals surface area contributed by atoms with Crippen LogP contribution in [0.3, 0.4) is 0 Å². The van der Waals surface area contributed by atoms with Gasteiger partial charge in [0.05, 0.1) is 33.4 Å². The Morgan fingerprint density at radius 3 is 2.55 bits per heavy atom. The van der Waals surface area contributed by atoms with E-state index in [-0.39, 0.29) is 11.8 Å². The summed E-state index contributed by atoms with van der Waals surface area (Å²) in [5.41, 5.74) is 1.08. The molecule has 1 N–H and O–H groups in total. The van der Waals surface area contributed by atoms with E-state index in [1.807, 2.05) is 30.3 Å². The van der Waals surface area contributed by atoms with Crippen molar-refractivity contribution in [3.8, 4) is 0 Å². The lowest BCUT2D eigenvalue weighted by Gasteiger charge is -2.38. The van der Waals surface area contributed by atoms with Gasteiger partial charge in [-0.25, -0.2) is 0 Å². The molecule has 1 unspecified atom stereocenters. The molecule has 1 aromatic carbocycles. The van der Waals surface area contributed by atoms with Crippen molar-refractivity contribution in [3.63, 3.8) is 0 Å². The van der Waals surface area contributed by atoms with Crippen LogP contribution >= 0.6 is 0 Å². The summed E-state index contributed by atoms with van der Waals surface area (Å²) in [6.07, 6.45) is 0.296. The van der Waals surface area contributed by atoms with Crippen LogP contribution in [-0.2, 0) is 18.8 Å². The van der Waals surface area contributed by atoms with Crippen molar-refractivity contribution in [1.82, 2.24) is 0 Å². The number of carbonyl (C=O) groups excluding carboxylic acids is 1. The molecule has 0 bridgehead atoms. The van der Waals surface area contributed by atoms with E-state index in [0.29, 0.717) is 19.6 Å². The molecule has 1 atom stereocenters. The van der Waals surface area contributed by atoms with Gasteiger partial charge in [0.25, 0.3) is 0 Å². The molecule has 0 aromatic heterocycles. The minimum absolute atomic E-state index is 0.0800. The van der Waals surface area contributed by atoms with E-state index in [0.717, 1.165) is 18.7 Å². The van der Waals surface area contributed by atoms with Gasteiger partial charge in [-0.2, -0.15) is 0 Å². The summed E-state index contributed by atoms with van der Waals surface area (Å²) < 4.78 is 16.9. The smallest absolute Gasteiger partial charge is 0.479 e. The molecule has 20 heavy (non-hydrogen) atoms. The number of nitrogens with one attached hydrogen (secondary N) is 1. The molecule has 2 saturated heterocycles. The monoisotopic (exact) mass is 277 g/mol. The van der Waals surface area contributed by atoms with Crippen LogP contribution in [0.15, 0.2) is 30.3 Å². The Labute approximate surface area is 118 Å². The molecule has 0 radical (unpaired) electrons. The van der Waals surface area contributed by atoms with Crippen LogP contribution in [0.25, 0.3) is 0 Å². The van der Waals surface area contributed by atoms with Gasteiger partial charge in [0, 0.05) is 6.42 Å². The Morgan fingerprint density at radius 1 is 1.30 bits per heavy atom. The third-order valence-electron chi connectivity index (χ3n) is 4.52. The van der Waals surface area contributed by atoms with Crippen LogP contribution in [-0.4, -0.2) is 46.1 Å². The topological polar surface area (TPSA) is 49.2 Å². The van der Waals surface area contributed by atoms with Gasteiger partial charge in [-0.15, -0.1) is 0 Å². The molecule has 5 nitrogen and oxygen atoms in total. The van der Waals surface area contributed by atoms with Crippen LogP contribution in [0, 0.1) is 0 Å². The number of carbonyl (C=O) groups is 1. The number of quaternary nitrogens is 1. The van der Waals surface area contributed by atoms with E-state index in [2.05, 4.69) is 0 Å². The highest BCUT2D eigenvalue weighted by Gasteiger charge is 2.56. The molecule has 6 heteroatoms. The van der Waals surface area contributed by atoms with E-state index in [4.69, 9.17) is 14.0 Å². The number of fused-ring (bicyclic) bond motifs is 1. The molecule has 1 aromatic rings. The number of hydrogen-bond donors (Lipinski definition) is 1. The van der Waals surface area contributed by atoms with Gasteiger partial charge in [0.2, 0.25) is 0 Å². The van der Waals surface area contributed by atoms with Crippen molar-refractivity contribution in [1.29, 1.82) is 0 Å². The molecular weight excluding hydrogens is 257 g/mol. The normalized spacial score (nSPS) is 29.9. The number of ether oxygens (including phenoxy) is 1. The molecule has 0 spiro atoms. The van der Waals surface area contributed by atoms with Crippen LogP contribution in [0.4, 0.5) is 0 Å². The quantitative estimate of drug-likeness (QED) is 0.609. The van der Waals surface area contributed by atoms with Crippen molar-refractivity contribution >= 4 is 12.7 Å². The first-order chi connectivity index (χ1) is 9.76. The van der Waals surface area contributed by atoms with Crippen molar-refractivity contribution in [2.45, 2.75) is 12.2 Å². The van der Waals surface area contributed by atoms with Crippen LogP contribution in [0.1, 0.15) is 17.8 Å². The fraction of sp³-hybridized carbons (Fsp3) is 0.500. The minimum Gasteiger partial charge on any atom is -0.509 e. The second-order valence-electron chi connectivity index (χ2n) is 5.47. The summed E-state index contributed by atoms with van der Waals surface area (Å²) in [6.45, 7) is 1.79. The summed E-state index contributed by atoms with van der Waals surface area (Å²) in [5, 5.41) is 0. The summed E-state index contributed by atoms with van der Waals surface area (Å²) in [4.78, 5) is 13.1. The number of benzene rings is 1. The minimum atomic E-state index is -1.49. The van der Waals surface area contributed by atoms with E-state index in [9.17, 15) is 4.79 Å². The number of esters is 1. The lowest BCUT2D eigenvalue weighted by molar-refractivity contribution is -0.785. The molecule has 2 heterocycles. The lowest BCUT2D eigenvalue weighted by Crippen LogP contribution is -3.20. The average molecular weight is 277 g/mol. The molecule has 0 aliphatic carbocycles. The molecule has 0 amide bonds. The molecular formula is C14H20BNO4. The zero-order valence-electron chi connectivity index (χ0n) is 11.7. The Balaban J connectivity index is 1.95. The largest absolute Gasteiger partial charge is 0.509 e. The Bertz CT molecular complexity index is 471. The maximum Gasteiger partial charge on any atom is 0.479 e. The predicted octanol–water partition coefficient (Wildman–Crippen LogP) is -0.243. The molecule has 2 fully saturated rings. The average Bonchev–Trinajstić information content (AvgIpc) is 3.05. The lowest BCUT2D eigenvalue weighted by atomic mass is 9.54. The fourth-order valence-corrected chi connectivity index (χ4v) is 3.55. The van der Waals surface area contributed by atoms with Gasteiger partial charge >= 0.3 is 12.7 Å². The standard InChI is InChI=1S/C14H20BNO4/c1-18-14(17)11-13(12-5-3-2-4-6-12)15-16(7-9-19-15)8-10-20-15/h2-6,13,16H,7-11H2,1H3. The Hall–Kier alpha value is -1.37. The van der Waals surface area contributed by atoms with Gasteiger partial charge in [-0.05, 0) is 5.82 Å². The summed E-state index contributed by atoms with van der Waals surface area (Å²) in [7, 11) is 1.42. The predicted molar refractivity (Wildman–Crippen MR) is 74.2 cm³/mol. The second kappa shape index (κ2) is 5.56.